The minimum absolute atomic E-state index is 0.0280. The van der Waals surface area contributed by atoms with Crippen LogP contribution >= 0.6 is 11.6 Å². The number of esters is 2. The van der Waals surface area contributed by atoms with Crippen molar-refractivity contribution in [3.63, 3.8) is 0 Å². The van der Waals surface area contributed by atoms with Crippen LogP contribution in [0, 0.1) is 13.8 Å². The van der Waals surface area contributed by atoms with Crippen molar-refractivity contribution in [1.82, 2.24) is 4.98 Å². The van der Waals surface area contributed by atoms with E-state index in [-0.39, 0.29) is 24.7 Å². The van der Waals surface area contributed by atoms with Gasteiger partial charge in [-0.1, -0.05) is 62.7 Å². The van der Waals surface area contributed by atoms with E-state index < -0.39 is 48.0 Å². The molecular formula is C41H55ClN2O8SSi. The summed E-state index contributed by atoms with van der Waals surface area (Å²) in [5.74, 6) is -1.16. The molecule has 0 amide bonds. The maximum Gasteiger partial charge on any atom is 0.339 e. The lowest BCUT2D eigenvalue weighted by molar-refractivity contribution is -0.164. The minimum atomic E-state index is -4.08. The Morgan fingerprint density at radius 2 is 1.57 bits per heavy atom. The zero-order valence-electron chi connectivity index (χ0n) is 33.5. The summed E-state index contributed by atoms with van der Waals surface area (Å²) < 4.78 is 54.3. The molecule has 0 saturated heterocycles. The Balaban J connectivity index is 2.05. The van der Waals surface area contributed by atoms with Crippen molar-refractivity contribution >= 4 is 58.5 Å². The number of rotatable bonds is 14. The number of hydrogen-bond donors (Lipinski definition) is 1. The van der Waals surface area contributed by atoms with E-state index in [2.05, 4.69) is 38.8 Å². The number of methoxy groups -OCH3 is 1. The molecule has 0 bridgehead atoms. The van der Waals surface area contributed by atoms with E-state index in [1.807, 2.05) is 52.0 Å². The molecule has 0 saturated carbocycles. The van der Waals surface area contributed by atoms with E-state index in [1.54, 1.807) is 43.3 Å². The summed E-state index contributed by atoms with van der Waals surface area (Å²) in [6.07, 6.45) is 0.0300. The summed E-state index contributed by atoms with van der Waals surface area (Å²) in [6, 6.07) is 17.0. The molecule has 10 nitrogen and oxygen atoms in total. The Bertz CT molecular complexity index is 2070. The fourth-order valence-corrected chi connectivity index (χ4v) is 8.63. The highest BCUT2D eigenvalue weighted by Crippen LogP contribution is 2.47. The van der Waals surface area contributed by atoms with Gasteiger partial charge in [0.05, 0.1) is 55.0 Å². The molecule has 2 atom stereocenters. The normalized spacial score (nSPS) is 13.8. The molecular weight excluding hydrogens is 744 g/mol. The van der Waals surface area contributed by atoms with Crippen molar-refractivity contribution in [2.45, 2.75) is 97.7 Å². The van der Waals surface area contributed by atoms with E-state index in [4.69, 9.17) is 30.2 Å². The van der Waals surface area contributed by atoms with Crippen LogP contribution in [-0.4, -0.2) is 71.9 Å². The highest BCUT2D eigenvalue weighted by Gasteiger charge is 2.41. The molecule has 0 unspecified atom stereocenters. The number of ether oxygens (including phenoxy) is 3. The lowest BCUT2D eigenvalue weighted by Gasteiger charge is -2.40. The second-order valence-corrected chi connectivity index (χ2v) is 23.3. The highest BCUT2D eigenvalue weighted by molar-refractivity contribution is 7.92. The van der Waals surface area contributed by atoms with Crippen LogP contribution in [0.25, 0.3) is 22.0 Å². The first-order valence-electron chi connectivity index (χ1n) is 18.0. The van der Waals surface area contributed by atoms with Crippen molar-refractivity contribution in [3.8, 4) is 11.1 Å². The third-order valence-electron chi connectivity index (χ3n) is 9.81. The highest BCUT2D eigenvalue weighted by atomic mass is 35.5. The number of carbonyl (C=O) groups is 2. The van der Waals surface area contributed by atoms with Crippen molar-refractivity contribution in [3.05, 3.63) is 88.1 Å². The summed E-state index contributed by atoms with van der Waals surface area (Å²) in [6.45, 7) is 19.7. The Kier molecular flexibility index (Phi) is 13.2. The summed E-state index contributed by atoms with van der Waals surface area (Å²) in [5.41, 5.74) is 3.59. The molecule has 0 aliphatic rings. The van der Waals surface area contributed by atoms with Crippen molar-refractivity contribution in [2.75, 3.05) is 30.9 Å². The molecule has 1 N–H and O–H groups in total. The maximum atomic E-state index is 14.3. The van der Waals surface area contributed by atoms with E-state index in [0.29, 0.717) is 43.9 Å². The first kappa shape index (κ1) is 43.1. The van der Waals surface area contributed by atoms with Gasteiger partial charge >= 0.3 is 11.9 Å². The van der Waals surface area contributed by atoms with Gasteiger partial charge in [-0.2, -0.15) is 0 Å². The maximum absolute atomic E-state index is 14.3. The van der Waals surface area contributed by atoms with Gasteiger partial charge in [0.25, 0.3) is 0 Å². The zero-order chi connectivity index (χ0) is 40.4. The van der Waals surface area contributed by atoms with Gasteiger partial charge in [0, 0.05) is 28.1 Å². The van der Waals surface area contributed by atoms with Crippen molar-refractivity contribution < 1.29 is 36.6 Å². The predicted molar refractivity (Wildman–Crippen MR) is 219 cm³/mol. The van der Waals surface area contributed by atoms with E-state index in [1.165, 1.54) is 11.4 Å². The number of carbonyl (C=O) groups excluding carboxylic acids is 2. The summed E-state index contributed by atoms with van der Waals surface area (Å²) in [4.78, 5) is 30.2. The molecule has 0 spiro atoms. The summed E-state index contributed by atoms with van der Waals surface area (Å²) in [7, 11) is -5.20. The van der Waals surface area contributed by atoms with Crippen LogP contribution in [0.4, 0.5) is 5.69 Å². The largest absolute Gasteiger partial charge is 0.467 e. The second kappa shape index (κ2) is 16.6. The van der Waals surface area contributed by atoms with Crippen LogP contribution in [0.1, 0.15) is 81.2 Å². The lowest BCUT2D eigenvalue weighted by atomic mass is 9.87. The third kappa shape index (κ3) is 9.94. The van der Waals surface area contributed by atoms with Gasteiger partial charge in [0.1, 0.15) is 0 Å². The molecule has 13 heteroatoms. The first-order valence-corrected chi connectivity index (χ1v) is 23.1. The van der Waals surface area contributed by atoms with Gasteiger partial charge in [0.2, 0.25) is 10.0 Å². The Hall–Kier alpha value is -3.68. The van der Waals surface area contributed by atoms with Gasteiger partial charge in [-0.3, -0.25) is 4.31 Å². The molecule has 4 aromatic rings. The fraction of sp³-hybridized carbons (Fsp3) is 0.463. The minimum Gasteiger partial charge on any atom is -0.467 e. The number of aromatic nitrogens is 1. The predicted octanol–water partition coefficient (Wildman–Crippen LogP) is 9.54. The molecule has 1 aromatic heterocycles. The van der Waals surface area contributed by atoms with Crippen LogP contribution < -0.4 is 4.31 Å². The van der Waals surface area contributed by atoms with Gasteiger partial charge in [-0.15, -0.1) is 0 Å². The number of nitrogens with one attached hydrogen (secondary N) is 1. The molecule has 0 aliphatic carbocycles. The van der Waals surface area contributed by atoms with Gasteiger partial charge in [-0.25, -0.2) is 18.0 Å². The monoisotopic (exact) mass is 798 g/mol. The van der Waals surface area contributed by atoms with Crippen LogP contribution in [0.3, 0.4) is 0 Å². The number of H-pyrrole nitrogens is 1. The van der Waals surface area contributed by atoms with Gasteiger partial charge in [0.15, 0.2) is 14.4 Å². The van der Waals surface area contributed by atoms with Crippen LogP contribution in [0.5, 0.6) is 0 Å². The number of fused-ring (bicyclic) bond motifs is 1. The fourth-order valence-electron chi connectivity index (χ4n) is 6.19. The number of anilines is 1. The standard InChI is InChI=1S/C41H55ClN2O8SSi/c1-26-24-32-34(28-18-20-30(42)21-19-28)33(37(39(46)49-9)52-40(3,4)5)27(2)36(35(32)43-26)44(53(10,47)48)31(25-51-54(11,12)41(6,7)8)22-23-50-38(45)29-16-14-13-15-17-29/h13-21,24,31,37,43H,22-23,25H2,1-12H3/t31-,37-/m0/s1. The third-order valence-corrected chi connectivity index (χ3v) is 15.8. The Morgan fingerprint density at radius 1 is 0.963 bits per heavy atom. The number of hydrogen-bond acceptors (Lipinski definition) is 8. The van der Waals surface area contributed by atoms with E-state index in [0.717, 1.165) is 17.5 Å². The number of sulfonamides is 1. The van der Waals surface area contributed by atoms with Crippen molar-refractivity contribution in [1.29, 1.82) is 0 Å². The molecule has 294 valence electrons. The molecule has 1 heterocycles. The zero-order valence-corrected chi connectivity index (χ0v) is 36.1. The number of aromatic amines is 1. The molecule has 3 aromatic carbocycles. The molecule has 54 heavy (non-hydrogen) atoms. The van der Waals surface area contributed by atoms with E-state index >= 15 is 0 Å². The smallest absolute Gasteiger partial charge is 0.339 e. The van der Waals surface area contributed by atoms with Crippen LogP contribution in [-0.2, 0) is 33.5 Å². The quantitative estimate of drug-likeness (QED) is 0.0989. The van der Waals surface area contributed by atoms with Crippen LogP contribution in [0.15, 0.2) is 60.7 Å². The SMILES string of the molecule is COC(=O)[C@@H](OC(C)(C)C)c1c(C)c(N([C@@H](CCOC(=O)c2ccccc2)CO[Si](C)(C)C(C)(C)C)S(C)(=O)=O)c2[nH]c(C)cc2c1-c1ccc(Cl)cc1. The van der Waals surface area contributed by atoms with Crippen molar-refractivity contribution in [2.24, 2.45) is 0 Å². The molecule has 0 radical (unpaired) electrons. The first-order chi connectivity index (χ1) is 25.0. The lowest BCUT2D eigenvalue weighted by Crippen LogP contribution is -2.49. The average molecular weight is 800 g/mol. The molecule has 0 aliphatic heterocycles. The van der Waals surface area contributed by atoms with Crippen LogP contribution in [0.2, 0.25) is 23.2 Å². The second-order valence-electron chi connectivity index (χ2n) is 16.2. The van der Waals surface area contributed by atoms with Gasteiger partial charge < -0.3 is 23.6 Å². The van der Waals surface area contributed by atoms with E-state index in [9.17, 15) is 18.0 Å². The Labute approximate surface area is 326 Å². The van der Waals surface area contributed by atoms with Gasteiger partial charge in [-0.05, 0) is 99.8 Å². The summed E-state index contributed by atoms with van der Waals surface area (Å²) >= 11 is 6.33. The topological polar surface area (TPSA) is 124 Å². The number of nitrogens with zero attached hydrogens (tertiary/aromatic N) is 1. The number of benzene rings is 3. The Morgan fingerprint density at radius 3 is 2.11 bits per heavy atom. The molecule has 4 rings (SSSR count). The average Bonchev–Trinajstić information content (AvgIpc) is 3.46. The molecule has 0 fully saturated rings. The summed E-state index contributed by atoms with van der Waals surface area (Å²) in [5, 5.41) is 1.04. The number of halogens is 1. The number of aryl methyl sites for hydroxylation is 1.